The number of carbonyl (C=O) groups excluding carboxylic acids is 1. The molecule has 0 saturated carbocycles. The molecular formula is C18H17FN2OS2. The van der Waals surface area contributed by atoms with E-state index >= 15 is 0 Å². The molecule has 3 nitrogen and oxygen atoms in total. The van der Waals surface area contributed by atoms with Crippen molar-refractivity contribution in [1.82, 2.24) is 4.98 Å². The summed E-state index contributed by atoms with van der Waals surface area (Å²) in [4.78, 5) is 16.8. The minimum absolute atomic E-state index is 0.256. The Bertz CT molecular complexity index is 859. The van der Waals surface area contributed by atoms with Gasteiger partial charge in [0.25, 0.3) is 5.91 Å². The molecule has 0 radical (unpaired) electrons. The molecule has 3 aromatic rings. The topological polar surface area (TPSA) is 42.0 Å². The number of hydrogen-bond donors (Lipinski definition) is 1. The third kappa shape index (κ3) is 4.13. The van der Waals surface area contributed by atoms with Gasteiger partial charge in [0.2, 0.25) is 0 Å². The molecule has 0 spiro atoms. The van der Waals surface area contributed by atoms with Crippen LogP contribution in [0.1, 0.15) is 24.2 Å². The van der Waals surface area contributed by atoms with E-state index < -0.39 is 0 Å². The van der Waals surface area contributed by atoms with Gasteiger partial charge in [0.05, 0.1) is 10.2 Å². The number of hydrogen-bond acceptors (Lipinski definition) is 4. The van der Waals surface area contributed by atoms with Crippen LogP contribution in [0.2, 0.25) is 0 Å². The Kier molecular flexibility index (Phi) is 5.16. The molecule has 0 aliphatic rings. The second-order valence-electron chi connectivity index (χ2n) is 5.83. The number of anilines is 1. The SMILES string of the molecule is CC(C)CSc1nc2ccc(NC(=O)c3ccc(F)cc3)cc2s1. The van der Waals surface area contributed by atoms with E-state index in [1.807, 2.05) is 18.2 Å². The van der Waals surface area contributed by atoms with Crippen LogP contribution in [0, 0.1) is 11.7 Å². The highest BCUT2D eigenvalue weighted by Crippen LogP contribution is 2.32. The summed E-state index contributed by atoms with van der Waals surface area (Å²) < 4.78 is 15.0. The van der Waals surface area contributed by atoms with E-state index in [2.05, 4.69) is 24.1 Å². The Morgan fingerprint density at radius 2 is 2.00 bits per heavy atom. The first-order valence-electron chi connectivity index (χ1n) is 7.61. The first-order chi connectivity index (χ1) is 11.5. The van der Waals surface area contributed by atoms with Gasteiger partial charge in [0.15, 0.2) is 4.34 Å². The number of thiazole rings is 1. The summed E-state index contributed by atoms with van der Waals surface area (Å²) in [5.74, 6) is 1.04. The van der Waals surface area contributed by atoms with Crippen LogP contribution in [0.15, 0.2) is 46.8 Å². The average Bonchev–Trinajstić information content (AvgIpc) is 2.95. The molecule has 0 aliphatic carbocycles. The lowest BCUT2D eigenvalue weighted by Crippen LogP contribution is -2.11. The highest BCUT2D eigenvalue weighted by molar-refractivity contribution is 8.01. The molecule has 0 aliphatic heterocycles. The highest BCUT2D eigenvalue weighted by atomic mass is 32.2. The van der Waals surface area contributed by atoms with E-state index in [1.54, 1.807) is 23.1 Å². The largest absolute Gasteiger partial charge is 0.322 e. The van der Waals surface area contributed by atoms with Gasteiger partial charge in [0.1, 0.15) is 5.82 Å². The molecule has 1 N–H and O–H groups in total. The molecule has 3 rings (SSSR count). The zero-order valence-electron chi connectivity index (χ0n) is 13.4. The number of rotatable bonds is 5. The van der Waals surface area contributed by atoms with Crippen molar-refractivity contribution in [2.24, 2.45) is 5.92 Å². The van der Waals surface area contributed by atoms with E-state index in [0.29, 0.717) is 17.2 Å². The first kappa shape index (κ1) is 16.9. The lowest BCUT2D eigenvalue weighted by atomic mass is 10.2. The predicted molar refractivity (Wildman–Crippen MR) is 99.5 cm³/mol. The number of thioether (sulfide) groups is 1. The standard InChI is InChI=1S/C18H17FN2OS2/c1-11(2)10-23-18-21-15-8-7-14(9-16(15)24-18)20-17(22)12-3-5-13(19)6-4-12/h3-9,11H,10H2,1-2H3,(H,20,22). The molecule has 0 fully saturated rings. The van der Waals surface area contributed by atoms with E-state index in [0.717, 1.165) is 20.3 Å². The van der Waals surface area contributed by atoms with Crippen molar-refractivity contribution in [2.45, 2.75) is 18.2 Å². The van der Waals surface area contributed by atoms with Crippen molar-refractivity contribution in [1.29, 1.82) is 0 Å². The third-order valence-electron chi connectivity index (χ3n) is 3.27. The number of nitrogens with zero attached hydrogens (tertiary/aromatic N) is 1. The van der Waals surface area contributed by atoms with Gasteiger partial charge in [-0.1, -0.05) is 25.6 Å². The number of benzene rings is 2. The third-order valence-corrected chi connectivity index (χ3v) is 5.86. The minimum atomic E-state index is -0.357. The number of fused-ring (bicyclic) bond motifs is 1. The summed E-state index contributed by atoms with van der Waals surface area (Å²) in [5.41, 5.74) is 2.07. The highest BCUT2D eigenvalue weighted by Gasteiger charge is 2.09. The van der Waals surface area contributed by atoms with Gasteiger partial charge < -0.3 is 5.32 Å². The van der Waals surface area contributed by atoms with Crippen LogP contribution in [-0.4, -0.2) is 16.6 Å². The van der Waals surface area contributed by atoms with Crippen molar-refractivity contribution in [3.8, 4) is 0 Å². The molecule has 24 heavy (non-hydrogen) atoms. The van der Waals surface area contributed by atoms with Gasteiger partial charge in [-0.25, -0.2) is 9.37 Å². The fourth-order valence-electron chi connectivity index (χ4n) is 2.09. The molecule has 124 valence electrons. The van der Waals surface area contributed by atoms with Crippen LogP contribution < -0.4 is 5.32 Å². The molecule has 1 heterocycles. The van der Waals surface area contributed by atoms with Crippen molar-refractivity contribution >= 4 is 44.9 Å². The predicted octanol–water partition coefficient (Wildman–Crippen LogP) is 5.44. The zero-order valence-corrected chi connectivity index (χ0v) is 15.0. The summed E-state index contributed by atoms with van der Waals surface area (Å²) in [6.45, 7) is 4.37. The first-order valence-corrected chi connectivity index (χ1v) is 9.42. The van der Waals surface area contributed by atoms with Gasteiger partial charge in [-0.2, -0.15) is 0 Å². The van der Waals surface area contributed by atoms with E-state index in [1.165, 1.54) is 24.3 Å². The van der Waals surface area contributed by atoms with Crippen LogP contribution in [-0.2, 0) is 0 Å². The minimum Gasteiger partial charge on any atom is -0.322 e. The average molecular weight is 360 g/mol. The molecule has 6 heteroatoms. The molecular weight excluding hydrogens is 343 g/mol. The summed E-state index contributed by atoms with van der Waals surface area (Å²) in [7, 11) is 0. The molecule has 0 bridgehead atoms. The van der Waals surface area contributed by atoms with Crippen LogP contribution in [0.25, 0.3) is 10.2 Å². The second-order valence-corrected chi connectivity index (χ2v) is 8.13. The fraction of sp³-hybridized carbons (Fsp3) is 0.222. The Hall–Kier alpha value is -1.92. The maximum atomic E-state index is 12.9. The van der Waals surface area contributed by atoms with Gasteiger partial charge in [0, 0.05) is 17.0 Å². The van der Waals surface area contributed by atoms with Crippen LogP contribution in [0.5, 0.6) is 0 Å². The maximum Gasteiger partial charge on any atom is 0.255 e. The second kappa shape index (κ2) is 7.32. The zero-order chi connectivity index (χ0) is 17.1. The molecule has 1 amide bonds. The number of carbonyl (C=O) groups is 1. The number of halogens is 1. The fourth-order valence-corrected chi connectivity index (χ4v) is 4.17. The van der Waals surface area contributed by atoms with E-state index in [4.69, 9.17) is 0 Å². The smallest absolute Gasteiger partial charge is 0.255 e. The van der Waals surface area contributed by atoms with E-state index in [9.17, 15) is 9.18 Å². The van der Waals surface area contributed by atoms with Crippen molar-refractivity contribution in [2.75, 3.05) is 11.1 Å². The summed E-state index contributed by atoms with van der Waals surface area (Å²) in [5, 5.41) is 2.84. The Morgan fingerprint density at radius 3 is 2.71 bits per heavy atom. The number of amides is 1. The summed E-state index contributed by atoms with van der Waals surface area (Å²) in [6.07, 6.45) is 0. The Balaban J connectivity index is 1.75. The monoisotopic (exact) mass is 360 g/mol. The van der Waals surface area contributed by atoms with Crippen molar-refractivity contribution in [3.05, 3.63) is 53.8 Å². The Morgan fingerprint density at radius 1 is 1.25 bits per heavy atom. The van der Waals surface area contributed by atoms with E-state index in [-0.39, 0.29) is 11.7 Å². The molecule has 1 aromatic heterocycles. The van der Waals surface area contributed by atoms with Gasteiger partial charge in [-0.05, 0) is 48.4 Å². The van der Waals surface area contributed by atoms with Crippen LogP contribution in [0.3, 0.4) is 0 Å². The van der Waals surface area contributed by atoms with Crippen LogP contribution >= 0.6 is 23.1 Å². The molecule has 0 saturated heterocycles. The quantitative estimate of drug-likeness (QED) is 0.616. The summed E-state index contributed by atoms with van der Waals surface area (Å²) >= 11 is 3.39. The normalized spacial score (nSPS) is 11.2. The van der Waals surface area contributed by atoms with Crippen molar-refractivity contribution < 1.29 is 9.18 Å². The van der Waals surface area contributed by atoms with Gasteiger partial charge >= 0.3 is 0 Å². The van der Waals surface area contributed by atoms with Gasteiger partial charge in [-0.3, -0.25) is 4.79 Å². The molecule has 2 aromatic carbocycles. The Labute approximate surface area is 148 Å². The summed E-state index contributed by atoms with van der Waals surface area (Å²) in [6, 6.07) is 11.2. The lowest BCUT2D eigenvalue weighted by Gasteiger charge is -2.05. The molecule has 0 atom stereocenters. The van der Waals surface area contributed by atoms with Crippen molar-refractivity contribution in [3.63, 3.8) is 0 Å². The van der Waals surface area contributed by atoms with Crippen LogP contribution in [0.4, 0.5) is 10.1 Å². The lowest BCUT2D eigenvalue weighted by molar-refractivity contribution is 0.102. The molecule has 0 unspecified atom stereocenters. The maximum absolute atomic E-state index is 12.9. The number of nitrogens with one attached hydrogen (secondary N) is 1. The van der Waals surface area contributed by atoms with Gasteiger partial charge in [-0.15, -0.1) is 11.3 Å². The number of aromatic nitrogens is 1.